The van der Waals surface area contributed by atoms with E-state index in [9.17, 15) is 9.59 Å². The molecule has 0 atom stereocenters. The van der Waals surface area contributed by atoms with Crippen molar-refractivity contribution in [2.24, 2.45) is 5.41 Å². The normalized spacial score (nSPS) is 10.2. The van der Waals surface area contributed by atoms with Crippen LogP contribution >= 0.6 is 0 Å². The molecule has 0 heterocycles. The molecule has 0 bridgehead atoms. The predicted molar refractivity (Wildman–Crippen MR) is 44.2 cm³/mol. The van der Waals surface area contributed by atoms with Gasteiger partial charge in [-0.3, -0.25) is 0 Å². The van der Waals surface area contributed by atoms with Crippen LogP contribution in [-0.4, -0.2) is 12.6 Å². The number of allylic oxidation sites excluding steroid dienone is 2. The van der Waals surface area contributed by atoms with Crippen molar-refractivity contribution in [1.29, 1.82) is 0 Å². The minimum absolute atomic E-state index is 0.381. The van der Waals surface area contributed by atoms with E-state index in [1.165, 1.54) is 0 Å². The van der Waals surface area contributed by atoms with Crippen molar-refractivity contribution in [2.45, 2.75) is 12.8 Å². The second-order valence-electron chi connectivity index (χ2n) is 2.45. The summed E-state index contributed by atoms with van der Waals surface area (Å²) in [6.07, 6.45) is 5.20. The summed E-state index contributed by atoms with van der Waals surface area (Å²) in [7, 11) is 0. The Kier molecular flexibility index (Phi) is 4.11. The fourth-order valence-electron chi connectivity index (χ4n) is 0.841. The molecule has 0 aliphatic rings. The van der Waals surface area contributed by atoms with Crippen molar-refractivity contribution in [3.8, 4) is 0 Å². The third kappa shape index (κ3) is 2.50. The number of carbonyl (C=O) groups excluding carboxylic acids is 2. The highest BCUT2D eigenvalue weighted by atomic mass is 16.1. The van der Waals surface area contributed by atoms with Gasteiger partial charge in [-0.2, -0.15) is 0 Å². The van der Waals surface area contributed by atoms with Crippen LogP contribution in [0.4, 0.5) is 0 Å². The molecule has 0 N–H and O–H groups in total. The van der Waals surface area contributed by atoms with Gasteiger partial charge in [0.15, 0.2) is 0 Å². The molecule has 0 aliphatic carbocycles. The van der Waals surface area contributed by atoms with Gasteiger partial charge < -0.3 is 9.59 Å². The topological polar surface area (TPSA) is 34.1 Å². The highest BCUT2D eigenvalue weighted by Crippen LogP contribution is 2.21. The smallest absolute Gasteiger partial charge is 0.133 e. The minimum atomic E-state index is -0.913. The molecule has 0 saturated carbocycles. The van der Waals surface area contributed by atoms with Gasteiger partial charge in [0.25, 0.3) is 0 Å². The molecular weight excluding hydrogens is 140 g/mol. The van der Waals surface area contributed by atoms with E-state index < -0.39 is 5.41 Å². The van der Waals surface area contributed by atoms with Gasteiger partial charge in [-0.1, -0.05) is 12.2 Å². The van der Waals surface area contributed by atoms with Gasteiger partial charge in [0.05, 0.1) is 5.41 Å². The largest absolute Gasteiger partial charge is 0.302 e. The maximum Gasteiger partial charge on any atom is 0.133 e. The van der Waals surface area contributed by atoms with E-state index in [0.29, 0.717) is 25.4 Å². The zero-order valence-corrected chi connectivity index (χ0v) is 6.45. The Bertz CT molecular complexity index is 150. The van der Waals surface area contributed by atoms with E-state index in [2.05, 4.69) is 13.2 Å². The summed E-state index contributed by atoms with van der Waals surface area (Å²) < 4.78 is 0. The molecule has 0 amide bonds. The van der Waals surface area contributed by atoms with Gasteiger partial charge >= 0.3 is 0 Å². The van der Waals surface area contributed by atoms with Crippen LogP contribution in [0, 0.1) is 5.41 Å². The molecule has 60 valence electrons. The van der Waals surface area contributed by atoms with Gasteiger partial charge in [0.2, 0.25) is 0 Å². The van der Waals surface area contributed by atoms with Crippen molar-refractivity contribution in [1.82, 2.24) is 0 Å². The van der Waals surface area contributed by atoms with E-state index in [1.54, 1.807) is 12.2 Å². The Morgan fingerprint density at radius 2 is 1.36 bits per heavy atom. The first-order chi connectivity index (χ1) is 5.24. The van der Waals surface area contributed by atoms with Crippen molar-refractivity contribution >= 4 is 12.6 Å². The molecule has 2 nitrogen and oxygen atoms in total. The van der Waals surface area contributed by atoms with Crippen LogP contribution in [0.2, 0.25) is 0 Å². The Balaban J connectivity index is 4.42. The van der Waals surface area contributed by atoms with Crippen LogP contribution < -0.4 is 0 Å². The van der Waals surface area contributed by atoms with Crippen molar-refractivity contribution in [3.63, 3.8) is 0 Å². The SMILES string of the molecule is C=CCC(C=O)(C=O)CC=C. The number of rotatable bonds is 6. The van der Waals surface area contributed by atoms with Gasteiger partial charge in [0, 0.05) is 0 Å². The first-order valence-electron chi connectivity index (χ1n) is 3.39. The Morgan fingerprint density at radius 3 is 1.55 bits per heavy atom. The van der Waals surface area contributed by atoms with E-state index in [0.717, 1.165) is 0 Å². The standard InChI is InChI=1S/C9H12O2/c1-3-5-9(7-10,8-11)6-4-2/h3-4,7-8H,1-2,5-6H2. The summed E-state index contributed by atoms with van der Waals surface area (Å²) in [4.78, 5) is 21.0. The molecule has 0 saturated heterocycles. The van der Waals surface area contributed by atoms with Gasteiger partial charge in [0.1, 0.15) is 12.6 Å². The summed E-state index contributed by atoms with van der Waals surface area (Å²) in [5.41, 5.74) is -0.913. The summed E-state index contributed by atoms with van der Waals surface area (Å²) in [6.45, 7) is 6.94. The summed E-state index contributed by atoms with van der Waals surface area (Å²) in [5.74, 6) is 0. The van der Waals surface area contributed by atoms with E-state index in [1.807, 2.05) is 0 Å². The minimum Gasteiger partial charge on any atom is -0.302 e. The molecule has 0 aromatic rings. The quantitative estimate of drug-likeness (QED) is 0.328. The predicted octanol–water partition coefficient (Wildman–Crippen LogP) is 1.52. The zero-order valence-electron chi connectivity index (χ0n) is 6.45. The van der Waals surface area contributed by atoms with Crippen LogP contribution in [0.5, 0.6) is 0 Å². The molecule has 0 spiro atoms. The molecule has 0 unspecified atom stereocenters. The molecular formula is C9H12O2. The Morgan fingerprint density at radius 1 is 1.00 bits per heavy atom. The molecule has 0 aromatic carbocycles. The summed E-state index contributed by atoms with van der Waals surface area (Å²) >= 11 is 0. The van der Waals surface area contributed by atoms with Gasteiger partial charge in [-0.15, -0.1) is 13.2 Å². The fraction of sp³-hybridized carbons (Fsp3) is 0.333. The third-order valence-electron chi connectivity index (χ3n) is 1.52. The third-order valence-corrected chi connectivity index (χ3v) is 1.52. The second-order valence-corrected chi connectivity index (χ2v) is 2.45. The highest BCUT2D eigenvalue weighted by Gasteiger charge is 2.25. The van der Waals surface area contributed by atoms with Crippen LogP contribution in [0.25, 0.3) is 0 Å². The van der Waals surface area contributed by atoms with Crippen LogP contribution in [-0.2, 0) is 9.59 Å². The lowest BCUT2D eigenvalue weighted by atomic mass is 9.84. The van der Waals surface area contributed by atoms with Gasteiger partial charge in [-0.05, 0) is 12.8 Å². The van der Waals surface area contributed by atoms with Gasteiger partial charge in [-0.25, -0.2) is 0 Å². The second kappa shape index (κ2) is 4.61. The lowest BCUT2D eigenvalue weighted by molar-refractivity contribution is -0.125. The Labute approximate surface area is 66.6 Å². The summed E-state index contributed by atoms with van der Waals surface area (Å²) in [6, 6.07) is 0. The first kappa shape index (κ1) is 9.82. The molecule has 0 aromatic heterocycles. The number of carbonyl (C=O) groups is 2. The van der Waals surface area contributed by atoms with Crippen LogP contribution in [0.15, 0.2) is 25.3 Å². The maximum atomic E-state index is 10.5. The highest BCUT2D eigenvalue weighted by molar-refractivity contribution is 5.84. The van der Waals surface area contributed by atoms with Crippen LogP contribution in [0.3, 0.4) is 0 Å². The molecule has 0 radical (unpaired) electrons. The molecule has 2 heteroatoms. The number of hydrogen-bond acceptors (Lipinski definition) is 2. The zero-order chi connectivity index (χ0) is 8.74. The lowest BCUT2D eigenvalue weighted by Gasteiger charge is -2.16. The number of aldehydes is 2. The average molecular weight is 152 g/mol. The van der Waals surface area contributed by atoms with Crippen molar-refractivity contribution < 1.29 is 9.59 Å². The first-order valence-corrected chi connectivity index (χ1v) is 3.39. The van der Waals surface area contributed by atoms with Crippen LogP contribution in [0.1, 0.15) is 12.8 Å². The Hall–Kier alpha value is -1.18. The molecule has 0 fully saturated rings. The summed E-state index contributed by atoms with van der Waals surface area (Å²) in [5, 5.41) is 0. The fourth-order valence-corrected chi connectivity index (χ4v) is 0.841. The van der Waals surface area contributed by atoms with E-state index in [-0.39, 0.29) is 0 Å². The molecule has 11 heavy (non-hydrogen) atoms. The van der Waals surface area contributed by atoms with Crippen molar-refractivity contribution in [3.05, 3.63) is 25.3 Å². The molecule has 0 aliphatic heterocycles. The lowest BCUT2D eigenvalue weighted by Crippen LogP contribution is -2.22. The van der Waals surface area contributed by atoms with Crippen molar-refractivity contribution in [2.75, 3.05) is 0 Å². The average Bonchev–Trinajstić information content (AvgIpc) is 2.04. The van der Waals surface area contributed by atoms with E-state index >= 15 is 0 Å². The maximum absolute atomic E-state index is 10.5. The monoisotopic (exact) mass is 152 g/mol. The molecule has 0 rings (SSSR count). The van der Waals surface area contributed by atoms with E-state index in [4.69, 9.17) is 0 Å². The number of hydrogen-bond donors (Lipinski definition) is 0.